The maximum Gasteiger partial charge on any atom is 0.149 e. The minimum Gasteiger partial charge on any atom is -0.507 e. The highest BCUT2D eigenvalue weighted by molar-refractivity contribution is 5.97. The van der Waals surface area contributed by atoms with E-state index in [1.54, 1.807) is 0 Å². The van der Waals surface area contributed by atoms with Crippen molar-refractivity contribution in [1.82, 2.24) is 14.5 Å². The maximum atomic E-state index is 12.1. The zero-order valence-electron chi connectivity index (χ0n) is 31.0. The second kappa shape index (κ2) is 13.0. The summed E-state index contributed by atoms with van der Waals surface area (Å²) in [6.45, 7) is 17.6. The van der Waals surface area contributed by atoms with Gasteiger partial charge in [0.05, 0.1) is 22.3 Å². The van der Waals surface area contributed by atoms with E-state index < -0.39 is 0 Å². The van der Waals surface area contributed by atoms with Gasteiger partial charge in [-0.15, -0.1) is 0 Å². The summed E-state index contributed by atoms with van der Waals surface area (Å²) >= 11 is 0. The number of hydrogen-bond donors (Lipinski definition) is 1. The lowest BCUT2D eigenvalue weighted by atomic mass is 9.79. The van der Waals surface area contributed by atoms with Gasteiger partial charge in [0.2, 0.25) is 0 Å². The van der Waals surface area contributed by atoms with Crippen LogP contribution in [-0.4, -0.2) is 19.6 Å². The van der Waals surface area contributed by atoms with Crippen molar-refractivity contribution in [3.05, 3.63) is 144 Å². The highest BCUT2D eigenvalue weighted by Gasteiger charge is 2.28. The van der Waals surface area contributed by atoms with Gasteiger partial charge < -0.3 is 5.11 Å². The Balaban J connectivity index is 1.49. The molecular formula is C47H47N3O. The van der Waals surface area contributed by atoms with Crippen LogP contribution in [0.4, 0.5) is 0 Å². The molecule has 0 fully saturated rings. The molecule has 2 aromatic heterocycles. The summed E-state index contributed by atoms with van der Waals surface area (Å²) in [5.41, 5.74) is 12.9. The van der Waals surface area contributed by atoms with E-state index in [2.05, 4.69) is 169 Å². The number of fused-ring (bicyclic) bond motifs is 1. The molecule has 7 rings (SSSR count). The third-order valence-electron chi connectivity index (χ3n) is 9.82. The van der Waals surface area contributed by atoms with E-state index in [0.29, 0.717) is 5.92 Å². The van der Waals surface area contributed by atoms with Crippen molar-refractivity contribution < 1.29 is 5.11 Å². The quantitative estimate of drug-likeness (QED) is 0.192. The number of aromatic hydroxyl groups is 1. The van der Waals surface area contributed by atoms with Crippen LogP contribution in [0, 0.1) is 0 Å². The van der Waals surface area contributed by atoms with Crippen LogP contribution in [0.3, 0.4) is 0 Å². The molecule has 0 amide bonds. The SMILES string of the molecule is CC(C)c1cc(-c2cc(-c3ccccc3)ccn2)cc(-c2cccc3c2nc(-c2cc(C(C)(C)C)cc(C(C)(C)C)c2O)n3-c2ccccc2)c1. The summed E-state index contributed by atoms with van der Waals surface area (Å²) < 4.78 is 2.20. The Hall–Kier alpha value is -5.48. The average molecular weight is 670 g/mol. The molecular weight excluding hydrogens is 623 g/mol. The van der Waals surface area contributed by atoms with Crippen LogP contribution in [0.1, 0.15) is 78.0 Å². The number of rotatable bonds is 6. The smallest absolute Gasteiger partial charge is 0.149 e. The second-order valence-corrected chi connectivity index (χ2v) is 16.0. The summed E-state index contributed by atoms with van der Waals surface area (Å²) in [4.78, 5) is 10.3. The van der Waals surface area contributed by atoms with Crippen LogP contribution in [0.15, 0.2) is 128 Å². The molecule has 0 spiro atoms. The van der Waals surface area contributed by atoms with Gasteiger partial charge in [-0.1, -0.05) is 128 Å². The van der Waals surface area contributed by atoms with Gasteiger partial charge in [-0.3, -0.25) is 9.55 Å². The van der Waals surface area contributed by atoms with Crippen LogP contribution in [-0.2, 0) is 10.8 Å². The van der Waals surface area contributed by atoms with Crippen molar-refractivity contribution in [2.75, 3.05) is 0 Å². The van der Waals surface area contributed by atoms with Gasteiger partial charge in [-0.05, 0) is 93.1 Å². The van der Waals surface area contributed by atoms with E-state index in [0.717, 1.165) is 67.2 Å². The van der Waals surface area contributed by atoms with Crippen LogP contribution in [0.5, 0.6) is 5.75 Å². The van der Waals surface area contributed by atoms with Gasteiger partial charge in [0, 0.05) is 28.6 Å². The first-order chi connectivity index (χ1) is 24.3. The molecule has 0 bridgehead atoms. The molecule has 0 unspecified atom stereocenters. The molecule has 0 saturated carbocycles. The van der Waals surface area contributed by atoms with Crippen LogP contribution < -0.4 is 0 Å². The minimum absolute atomic E-state index is 0.128. The largest absolute Gasteiger partial charge is 0.507 e. The van der Waals surface area contributed by atoms with Crippen molar-refractivity contribution in [3.8, 4) is 56.3 Å². The van der Waals surface area contributed by atoms with Gasteiger partial charge in [-0.2, -0.15) is 0 Å². The number of benzene rings is 5. The first kappa shape index (κ1) is 34.0. The monoisotopic (exact) mass is 669 g/mol. The minimum atomic E-state index is -0.269. The fraction of sp³-hybridized carbons (Fsp3) is 0.234. The zero-order valence-corrected chi connectivity index (χ0v) is 31.0. The summed E-state index contributed by atoms with van der Waals surface area (Å²) in [6, 6.07) is 42.6. The number of nitrogens with zero attached hydrogens (tertiary/aromatic N) is 3. The zero-order chi connectivity index (χ0) is 36.1. The van der Waals surface area contributed by atoms with E-state index in [1.165, 1.54) is 11.1 Å². The number of imidazole rings is 1. The highest BCUT2D eigenvalue weighted by Crippen LogP contribution is 2.44. The van der Waals surface area contributed by atoms with Gasteiger partial charge in [-0.25, -0.2) is 4.98 Å². The molecule has 7 aromatic rings. The van der Waals surface area contributed by atoms with E-state index in [1.807, 2.05) is 18.3 Å². The first-order valence-electron chi connectivity index (χ1n) is 17.9. The van der Waals surface area contributed by atoms with Crippen molar-refractivity contribution in [2.45, 2.75) is 72.1 Å². The van der Waals surface area contributed by atoms with Crippen molar-refractivity contribution in [1.29, 1.82) is 0 Å². The number of hydrogen-bond acceptors (Lipinski definition) is 3. The van der Waals surface area contributed by atoms with Crippen LogP contribution in [0.25, 0.3) is 61.6 Å². The molecule has 0 atom stereocenters. The highest BCUT2D eigenvalue weighted by atomic mass is 16.3. The van der Waals surface area contributed by atoms with Crippen molar-refractivity contribution in [2.24, 2.45) is 0 Å². The standard InChI is InChI=1S/C47H47N3O/c1-30(2)33-24-34(26-35(25-33)41-27-32(22-23-48-41)31-16-11-9-12-17-31)38-20-15-21-42-43(38)49-45(50(42)37-18-13-10-14-19-37)39-28-36(46(3,4)5)29-40(44(39)51)47(6,7)8/h9-30,51H,1-8H3. The lowest BCUT2D eigenvalue weighted by molar-refractivity contribution is 0.446. The molecule has 0 aliphatic carbocycles. The van der Waals surface area contributed by atoms with Crippen LogP contribution in [0.2, 0.25) is 0 Å². The number of phenols is 1. The van der Waals surface area contributed by atoms with E-state index in [9.17, 15) is 5.11 Å². The molecule has 0 aliphatic rings. The molecule has 2 heterocycles. The predicted molar refractivity (Wildman–Crippen MR) is 214 cm³/mol. The van der Waals surface area contributed by atoms with E-state index >= 15 is 0 Å². The van der Waals surface area contributed by atoms with Crippen LogP contribution >= 0.6 is 0 Å². The topological polar surface area (TPSA) is 50.9 Å². The Labute approximate surface area is 302 Å². The lowest BCUT2D eigenvalue weighted by Crippen LogP contribution is -2.17. The number of pyridine rings is 1. The van der Waals surface area contributed by atoms with Gasteiger partial charge in [0.1, 0.15) is 11.6 Å². The summed E-state index contributed by atoms with van der Waals surface area (Å²) in [7, 11) is 0. The van der Waals surface area contributed by atoms with E-state index in [4.69, 9.17) is 9.97 Å². The second-order valence-electron chi connectivity index (χ2n) is 16.0. The molecule has 5 aromatic carbocycles. The molecule has 4 nitrogen and oxygen atoms in total. The molecule has 4 heteroatoms. The summed E-state index contributed by atoms with van der Waals surface area (Å²) in [5, 5.41) is 12.1. The maximum absolute atomic E-state index is 12.1. The molecule has 51 heavy (non-hydrogen) atoms. The number of para-hydroxylation sites is 2. The third kappa shape index (κ3) is 6.59. The molecule has 0 saturated heterocycles. The summed E-state index contributed by atoms with van der Waals surface area (Å²) in [6.07, 6.45) is 1.90. The molecule has 0 aliphatic heterocycles. The predicted octanol–water partition coefficient (Wildman–Crippen LogP) is 12.5. The fourth-order valence-electron chi connectivity index (χ4n) is 6.85. The first-order valence-corrected chi connectivity index (χ1v) is 17.9. The Morgan fingerprint density at radius 2 is 1.29 bits per heavy atom. The molecule has 0 radical (unpaired) electrons. The Bertz CT molecular complexity index is 2350. The number of phenolic OH excluding ortho intramolecular Hbond substituents is 1. The lowest BCUT2D eigenvalue weighted by Gasteiger charge is -2.27. The van der Waals surface area contributed by atoms with Crippen molar-refractivity contribution >= 4 is 11.0 Å². The molecule has 256 valence electrons. The Morgan fingerprint density at radius 3 is 1.96 bits per heavy atom. The van der Waals surface area contributed by atoms with Gasteiger partial charge >= 0.3 is 0 Å². The van der Waals surface area contributed by atoms with Crippen molar-refractivity contribution in [3.63, 3.8) is 0 Å². The Kier molecular flexibility index (Phi) is 8.67. The van der Waals surface area contributed by atoms with Gasteiger partial charge in [0.15, 0.2) is 0 Å². The molecule has 1 N–H and O–H groups in total. The van der Waals surface area contributed by atoms with E-state index in [-0.39, 0.29) is 16.6 Å². The van der Waals surface area contributed by atoms with Gasteiger partial charge in [0.25, 0.3) is 0 Å². The third-order valence-corrected chi connectivity index (χ3v) is 9.82. The number of aromatic nitrogens is 3. The fourth-order valence-corrected chi connectivity index (χ4v) is 6.85. The average Bonchev–Trinajstić information content (AvgIpc) is 3.51. The summed E-state index contributed by atoms with van der Waals surface area (Å²) in [5.74, 6) is 1.30. The normalized spacial score (nSPS) is 12.2. The Morgan fingerprint density at radius 1 is 0.608 bits per heavy atom.